The third-order valence-electron chi connectivity index (χ3n) is 11.3. The van der Waals surface area contributed by atoms with Crippen LogP contribution in [0.2, 0.25) is 0 Å². The first-order valence-electron chi connectivity index (χ1n) is 13.0. The van der Waals surface area contributed by atoms with Gasteiger partial charge in [0.2, 0.25) is 0 Å². The number of allylic oxidation sites excluding steroid dienone is 1. The van der Waals surface area contributed by atoms with Gasteiger partial charge in [-0.1, -0.05) is 39.3 Å². The van der Waals surface area contributed by atoms with Crippen LogP contribution in [-0.2, 0) is 9.47 Å². The summed E-state index contributed by atoms with van der Waals surface area (Å²) in [7, 11) is 0. The molecule has 3 saturated carbocycles. The number of hydrogen-bond acceptors (Lipinski definition) is 3. The fourth-order valence-electron chi connectivity index (χ4n) is 9.66. The minimum Gasteiger partial charge on any atom is -0.393 e. The molecule has 1 spiro atoms. The Morgan fingerprint density at radius 2 is 1.87 bits per heavy atom. The van der Waals surface area contributed by atoms with Gasteiger partial charge in [0.25, 0.3) is 0 Å². The van der Waals surface area contributed by atoms with Crippen LogP contribution in [0.1, 0.15) is 85.5 Å². The molecular weight excluding hydrogens is 372 g/mol. The molecule has 0 amide bonds. The molecule has 3 heteroatoms. The SMILES string of the molecule is C[C@@H]1CC[C@@]2(OC1)OC1CC3C4CC=C5CC(O)CC[C@]5(C)C4CC[C@]3(C)C1[C@@H]2C. The predicted molar refractivity (Wildman–Crippen MR) is 118 cm³/mol. The van der Waals surface area contributed by atoms with E-state index in [-0.39, 0.29) is 11.9 Å². The van der Waals surface area contributed by atoms with E-state index in [1.54, 1.807) is 5.57 Å². The van der Waals surface area contributed by atoms with Crippen molar-refractivity contribution in [3.63, 3.8) is 0 Å². The van der Waals surface area contributed by atoms with Crippen LogP contribution in [-0.4, -0.2) is 29.7 Å². The Morgan fingerprint density at radius 1 is 1.03 bits per heavy atom. The predicted octanol–water partition coefficient (Wildman–Crippen LogP) is 5.71. The summed E-state index contributed by atoms with van der Waals surface area (Å²) < 4.78 is 13.3. The van der Waals surface area contributed by atoms with Crippen LogP contribution >= 0.6 is 0 Å². The van der Waals surface area contributed by atoms with Gasteiger partial charge in [0.15, 0.2) is 5.79 Å². The summed E-state index contributed by atoms with van der Waals surface area (Å²) >= 11 is 0. The summed E-state index contributed by atoms with van der Waals surface area (Å²) in [5.74, 6) is 3.94. The maximum absolute atomic E-state index is 10.3. The third kappa shape index (κ3) is 2.55. The summed E-state index contributed by atoms with van der Waals surface area (Å²) in [6.45, 7) is 10.8. The quantitative estimate of drug-likeness (QED) is 0.516. The molecule has 0 aromatic carbocycles. The summed E-state index contributed by atoms with van der Waals surface area (Å²) in [5, 5.41) is 10.3. The van der Waals surface area contributed by atoms with E-state index in [9.17, 15) is 5.11 Å². The van der Waals surface area contributed by atoms with Crippen molar-refractivity contribution in [3.8, 4) is 0 Å². The van der Waals surface area contributed by atoms with E-state index >= 15 is 0 Å². The van der Waals surface area contributed by atoms with E-state index in [0.29, 0.717) is 34.7 Å². The number of ether oxygens (including phenoxy) is 2. The minimum absolute atomic E-state index is 0.107. The monoisotopic (exact) mass is 414 g/mol. The fourth-order valence-corrected chi connectivity index (χ4v) is 9.66. The molecule has 30 heavy (non-hydrogen) atoms. The second kappa shape index (κ2) is 6.58. The summed E-state index contributed by atoms with van der Waals surface area (Å²) in [6, 6.07) is 0. The molecule has 2 aliphatic heterocycles. The molecule has 11 atom stereocenters. The van der Waals surface area contributed by atoms with Gasteiger partial charge in [-0.25, -0.2) is 0 Å². The zero-order valence-electron chi connectivity index (χ0n) is 19.5. The molecule has 6 unspecified atom stereocenters. The van der Waals surface area contributed by atoms with Crippen molar-refractivity contribution in [2.75, 3.05) is 6.61 Å². The molecule has 0 bridgehead atoms. The zero-order chi connectivity index (χ0) is 20.9. The Labute approximate surface area is 183 Å². The van der Waals surface area contributed by atoms with Crippen molar-refractivity contribution >= 4 is 0 Å². The molecular formula is C27H42O3. The lowest BCUT2D eigenvalue weighted by atomic mass is 9.47. The Morgan fingerprint density at radius 3 is 2.63 bits per heavy atom. The summed E-state index contributed by atoms with van der Waals surface area (Å²) in [4.78, 5) is 0. The molecule has 0 radical (unpaired) electrons. The second-order valence-electron chi connectivity index (χ2n) is 12.7. The van der Waals surface area contributed by atoms with E-state index in [4.69, 9.17) is 9.47 Å². The highest BCUT2D eigenvalue weighted by Gasteiger charge is 2.68. The van der Waals surface area contributed by atoms with Crippen LogP contribution in [0, 0.1) is 46.3 Å². The fraction of sp³-hybridized carbons (Fsp3) is 0.926. The first kappa shape index (κ1) is 20.2. The van der Waals surface area contributed by atoms with Gasteiger partial charge in [-0.2, -0.15) is 0 Å². The van der Waals surface area contributed by atoms with Gasteiger partial charge in [-0.15, -0.1) is 0 Å². The molecule has 0 aromatic heterocycles. The van der Waals surface area contributed by atoms with Crippen LogP contribution in [0.15, 0.2) is 11.6 Å². The van der Waals surface area contributed by atoms with Crippen molar-refractivity contribution in [1.29, 1.82) is 0 Å². The lowest BCUT2D eigenvalue weighted by Crippen LogP contribution is -2.52. The van der Waals surface area contributed by atoms with E-state index < -0.39 is 0 Å². The van der Waals surface area contributed by atoms with E-state index in [1.165, 1.54) is 38.5 Å². The van der Waals surface area contributed by atoms with Crippen molar-refractivity contribution in [2.24, 2.45) is 46.3 Å². The van der Waals surface area contributed by atoms with Crippen LogP contribution in [0.4, 0.5) is 0 Å². The van der Waals surface area contributed by atoms with Gasteiger partial charge >= 0.3 is 0 Å². The average Bonchev–Trinajstić information content (AvgIpc) is 3.16. The molecule has 6 aliphatic rings. The van der Waals surface area contributed by atoms with Gasteiger partial charge in [-0.3, -0.25) is 0 Å². The van der Waals surface area contributed by atoms with Crippen molar-refractivity contribution in [2.45, 2.75) is 103 Å². The number of aliphatic hydroxyl groups excluding tert-OH is 1. The van der Waals surface area contributed by atoms with Gasteiger partial charge < -0.3 is 14.6 Å². The zero-order valence-corrected chi connectivity index (χ0v) is 19.5. The summed E-state index contributed by atoms with van der Waals surface area (Å²) in [5.41, 5.74) is 2.31. The molecule has 3 nitrogen and oxygen atoms in total. The van der Waals surface area contributed by atoms with Crippen molar-refractivity contribution < 1.29 is 14.6 Å². The first-order chi connectivity index (χ1) is 14.3. The number of fused-ring (bicyclic) bond motifs is 7. The lowest BCUT2D eigenvalue weighted by molar-refractivity contribution is -0.272. The van der Waals surface area contributed by atoms with E-state index in [1.807, 2.05) is 0 Å². The molecule has 5 fully saturated rings. The van der Waals surface area contributed by atoms with Gasteiger partial charge in [0, 0.05) is 12.3 Å². The second-order valence-corrected chi connectivity index (χ2v) is 12.7. The van der Waals surface area contributed by atoms with Gasteiger partial charge in [0.1, 0.15) is 0 Å². The lowest BCUT2D eigenvalue weighted by Gasteiger charge is -2.58. The molecule has 4 aliphatic carbocycles. The molecule has 1 N–H and O–H groups in total. The molecule has 168 valence electrons. The highest BCUT2D eigenvalue weighted by molar-refractivity contribution is 5.26. The van der Waals surface area contributed by atoms with E-state index in [2.05, 4.69) is 33.8 Å². The molecule has 0 aromatic rings. The maximum Gasteiger partial charge on any atom is 0.171 e. The minimum atomic E-state index is -0.294. The van der Waals surface area contributed by atoms with Crippen molar-refractivity contribution in [3.05, 3.63) is 11.6 Å². The topological polar surface area (TPSA) is 38.7 Å². The molecule has 2 heterocycles. The smallest absolute Gasteiger partial charge is 0.171 e. The Hall–Kier alpha value is -0.380. The number of aliphatic hydroxyl groups is 1. The molecule has 6 rings (SSSR count). The Kier molecular flexibility index (Phi) is 4.44. The van der Waals surface area contributed by atoms with E-state index in [0.717, 1.165) is 43.6 Å². The third-order valence-corrected chi connectivity index (χ3v) is 11.3. The molecule has 2 saturated heterocycles. The summed E-state index contributed by atoms with van der Waals surface area (Å²) in [6.07, 6.45) is 13.5. The van der Waals surface area contributed by atoms with Crippen LogP contribution in [0.25, 0.3) is 0 Å². The Bertz CT molecular complexity index is 736. The highest BCUT2D eigenvalue weighted by atomic mass is 16.7. The average molecular weight is 415 g/mol. The van der Waals surface area contributed by atoms with Crippen LogP contribution < -0.4 is 0 Å². The number of hydrogen-bond donors (Lipinski definition) is 1. The van der Waals surface area contributed by atoms with Crippen LogP contribution in [0.3, 0.4) is 0 Å². The standard InChI is InChI=1S/C27H42O3/c1-16-7-12-27(29-15-16)17(2)24-23(30-27)14-22-20-6-5-18-13-19(28)8-10-25(18,3)21(20)9-11-26(22,24)4/h5,16-17,19-24,28H,6-15H2,1-4H3/t16-,17+,19?,20?,21?,22?,23?,24?,25+,26+,27-/m1/s1. The van der Waals surface area contributed by atoms with Gasteiger partial charge in [0.05, 0.1) is 18.8 Å². The van der Waals surface area contributed by atoms with Gasteiger partial charge in [-0.05, 0) is 91.8 Å². The largest absolute Gasteiger partial charge is 0.393 e. The number of rotatable bonds is 0. The van der Waals surface area contributed by atoms with Crippen LogP contribution in [0.5, 0.6) is 0 Å². The van der Waals surface area contributed by atoms with Crippen molar-refractivity contribution in [1.82, 2.24) is 0 Å². The maximum atomic E-state index is 10.3. The Balaban J connectivity index is 1.28. The highest BCUT2D eigenvalue weighted by Crippen LogP contribution is 2.70. The first-order valence-corrected chi connectivity index (χ1v) is 13.0. The normalized spacial score (nSPS) is 59.8.